The highest BCUT2D eigenvalue weighted by Crippen LogP contribution is 2.19. The molecule has 2 heteroatoms. The number of piperidine rings is 1. The minimum Gasteiger partial charge on any atom is -0.333 e. The van der Waals surface area contributed by atoms with Crippen molar-refractivity contribution in [1.82, 2.24) is 4.90 Å². The molecule has 0 aromatic heterocycles. The third-order valence-electron chi connectivity index (χ3n) is 3.62. The van der Waals surface area contributed by atoms with Gasteiger partial charge < -0.3 is 4.90 Å². The molecule has 0 saturated carbocycles. The van der Waals surface area contributed by atoms with Gasteiger partial charge in [0.1, 0.15) is 0 Å². The second-order valence-electron chi connectivity index (χ2n) is 5.34. The van der Waals surface area contributed by atoms with Gasteiger partial charge in [0.15, 0.2) is 0 Å². The van der Waals surface area contributed by atoms with Crippen molar-refractivity contribution in [1.29, 1.82) is 0 Å². The van der Waals surface area contributed by atoms with Crippen molar-refractivity contribution >= 4 is 5.91 Å². The molecule has 1 aliphatic rings. The maximum Gasteiger partial charge on any atom is 0.223 e. The number of hydrogen-bond donors (Lipinski definition) is 0. The highest BCUT2D eigenvalue weighted by atomic mass is 16.2. The highest BCUT2D eigenvalue weighted by molar-refractivity contribution is 5.77. The molecular formula is C17H29NO. The van der Waals surface area contributed by atoms with E-state index in [1.165, 1.54) is 19.3 Å². The molecule has 0 spiro atoms. The SMILES string of the molecule is CCCC=C[C@H]1CCCC(=O)N1CC=CCCCC. The van der Waals surface area contributed by atoms with Crippen LogP contribution in [0.25, 0.3) is 0 Å². The minimum atomic E-state index is 0.317. The van der Waals surface area contributed by atoms with E-state index in [9.17, 15) is 4.79 Å². The van der Waals surface area contributed by atoms with Crippen LogP contribution in [0.5, 0.6) is 0 Å². The first kappa shape index (κ1) is 16.0. The number of likely N-dealkylation sites (tertiary alicyclic amines) is 1. The fourth-order valence-corrected chi connectivity index (χ4v) is 2.43. The van der Waals surface area contributed by atoms with Gasteiger partial charge in [-0.05, 0) is 25.7 Å². The molecule has 0 unspecified atom stereocenters. The lowest BCUT2D eigenvalue weighted by atomic mass is 10.0. The summed E-state index contributed by atoms with van der Waals surface area (Å²) in [6.45, 7) is 5.17. The lowest BCUT2D eigenvalue weighted by Gasteiger charge is -2.33. The van der Waals surface area contributed by atoms with Crippen LogP contribution in [0, 0.1) is 0 Å². The molecular weight excluding hydrogens is 234 g/mol. The van der Waals surface area contributed by atoms with E-state index in [-0.39, 0.29) is 0 Å². The van der Waals surface area contributed by atoms with Gasteiger partial charge in [-0.1, -0.05) is 57.4 Å². The number of unbranched alkanes of at least 4 members (excludes halogenated alkanes) is 3. The largest absolute Gasteiger partial charge is 0.333 e. The molecule has 1 rings (SSSR count). The van der Waals surface area contributed by atoms with Crippen LogP contribution in [0.1, 0.15) is 65.2 Å². The summed E-state index contributed by atoms with van der Waals surface area (Å²) in [6, 6.07) is 0.323. The van der Waals surface area contributed by atoms with Crippen LogP contribution < -0.4 is 0 Å². The second kappa shape index (κ2) is 9.82. The maximum atomic E-state index is 12.0. The summed E-state index contributed by atoms with van der Waals surface area (Å²) in [5.74, 6) is 0.317. The average molecular weight is 263 g/mol. The molecule has 1 heterocycles. The molecule has 0 N–H and O–H groups in total. The number of carbonyl (C=O) groups excluding carboxylic acids is 1. The maximum absolute atomic E-state index is 12.0. The lowest BCUT2D eigenvalue weighted by molar-refractivity contribution is -0.134. The van der Waals surface area contributed by atoms with E-state index in [0.29, 0.717) is 11.9 Å². The Morgan fingerprint density at radius 3 is 2.74 bits per heavy atom. The number of carbonyl (C=O) groups is 1. The van der Waals surface area contributed by atoms with Crippen molar-refractivity contribution in [2.45, 2.75) is 71.3 Å². The number of rotatable bonds is 8. The van der Waals surface area contributed by atoms with E-state index < -0.39 is 0 Å². The summed E-state index contributed by atoms with van der Waals surface area (Å²) >= 11 is 0. The summed E-state index contributed by atoms with van der Waals surface area (Å²) < 4.78 is 0. The molecule has 19 heavy (non-hydrogen) atoms. The Morgan fingerprint density at radius 1 is 1.16 bits per heavy atom. The molecule has 0 radical (unpaired) electrons. The predicted molar refractivity (Wildman–Crippen MR) is 82.1 cm³/mol. The summed E-state index contributed by atoms with van der Waals surface area (Å²) in [7, 11) is 0. The lowest BCUT2D eigenvalue weighted by Crippen LogP contribution is -2.42. The Bertz CT molecular complexity index is 306. The Morgan fingerprint density at radius 2 is 2.00 bits per heavy atom. The quantitative estimate of drug-likeness (QED) is 0.467. The van der Waals surface area contributed by atoms with E-state index in [0.717, 1.165) is 38.6 Å². The molecule has 1 atom stereocenters. The highest BCUT2D eigenvalue weighted by Gasteiger charge is 2.24. The Hall–Kier alpha value is -1.05. The van der Waals surface area contributed by atoms with Gasteiger partial charge in [0.25, 0.3) is 0 Å². The molecule has 0 aromatic rings. The monoisotopic (exact) mass is 263 g/mol. The Kier molecular flexibility index (Phi) is 8.28. The number of amides is 1. The molecule has 0 aromatic carbocycles. The van der Waals surface area contributed by atoms with Crippen LogP contribution in [-0.2, 0) is 4.79 Å². The molecule has 0 bridgehead atoms. The fourth-order valence-electron chi connectivity index (χ4n) is 2.43. The normalized spacial score (nSPS) is 20.8. The van der Waals surface area contributed by atoms with Gasteiger partial charge in [0, 0.05) is 13.0 Å². The molecule has 1 amide bonds. The van der Waals surface area contributed by atoms with E-state index in [4.69, 9.17) is 0 Å². The Labute approximate surface area is 118 Å². The molecule has 108 valence electrons. The first-order valence-corrected chi connectivity index (χ1v) is 7.90. The van der Waals surface area contributed by atoms with E-state index in [1.54, 1.807) is 0 Å². The summed E-state index contributed by atoms with van der Waals surface area (Å²) in [5.41, 5.74) is 0. The van der Waals surface area contributed by atoms with E-state index >= 15 is 0 Å². The second-order valence-corrected chi connectivity index (χ2v) is 5.34. The van der Waals surface area contributed by atoms with Gasteiger partial charge in [-0.15, -0.1) is 0 Å². The van der Waals surface area contributed by atoms with Crippen LogP contribution in [0.2, 0.25) is 0 Å². The smallest absolute Gasteiger partial charge is 0.223 e. The molecule has 1 aliphatic heterocycles. The van der Waals surface area contributed by atoms with Gasteiger partial charge in [-0.2, -0.15) is 0 Å². The van der Waals surface area contributed by atoms with Crippen LogP contribution in [-0.4, -0.2) is 23.4 Å². The van der Waals surface area contributed by atoms with Crippen LogP contribution in [0.15, 0.2) is 24.3 Å². The van der Waals surface area contributed by atoms with Crippen LogP contribution in [0.4, 0.5) is 0 Å². The fraction of sp³-hybridized carbons (Fsp3) is 0.706. The topological polar surface area (TPSA) is 20.3 Å². The summed E-state index contributed by atoms with van der Waals surface area (Å²) in [5, 5.41) is 0. The first-order chi connectivity index (χ1) is 9.29. The van der Waals surface area contributed by atoms with Crippen molar-refractivity contribution in [3.63, 3.8) is 0 Å². The molecule has 1 saturated heterocycles. The van der Waals surface area contributed by atoms with Crippen molar-refractivity contribution in [2.75, 3.05) is 6.54 Å². The van der Waals surface area contributed by atoms with Crippen LogP contribution in [0.3, 0.4) is 0 Å². The first-order valence-electron chi connectivity index (χ1n) is 7.90. The van der Waals surface area contributed by atoms with Gasteiger partial charge in [-0.25, -0.2) is 0 Å². The third kappa shape index (κ3) is 6.09. The van der Waals surface area contributed by atoms with Crippen molar-refractivity contribution < 1.29 is 4.79 Å². The van der Waals surface area contributed by atoms with Crippen LogP contribution >= 0.6 is 0 Å². The summed E-state index contributed by atoms with van der Waals surface area (Å²) in [6.07, 6.45) is 17.6. The zero-order valence-electron chi connectivity index (χ0n) is 12.6. The number of hydrogen-bond acceptors (Lipinski definition) is 1. The van der Waals surface area contributed by atoms with Gasteiger partial charge in [-0.3, -0.25) is 4.79 Å². The number of allylic oxidation sites excluding steroid dienone is 2. The van der Waals surface area contributed by atoms with Gasteiger partial charge in [0.2, 0.25) is 5.91 Å². The zero-order chi connectivity index (χ0) is 13.9. The van der Waals surface area contributed by atoms with Gasteiger partial charge >= 0.3 is 0 Å². The third-order valence-corrected chi connectivity index (χ3v) is 3.62. The van der Waals surface area contributed by atoms with Crippen molar-refractivity contribution in [2.24, 2.45) is 0 Å². The van der Waals surface area contributed by atoms with E-state index in [2.05, 4.69) is 38.2 Å². The summed E-state index contributed by atoms with van der Waals surface area (Å²) in [4.78, 5) is 14.1. The van der Waals surface area contributed by atoms with Crippen molar-refractivity contribution in [3.05, 3.63) is 24.3 Å². The minimum absolute atomic E-state index is 0.317. The van der Waals surface area contributed by atoms with Gasteiger partial charge in [0.05, 0.1) is 6.04 Å². The number of nitrogens with zero attached hydrogens (tertiary/aromatic N) is 1. The predicted octanol–water partition coefficient (Wildman–Crippen LogP) is 4.47. The molecule has 2 nitrogen and oxygen atoms in total. The Balaban J connectivity index is 2.47. The standard InChI is InChI=1S/C17H29NO/c1-3-5-7-8-10-15-18-16(12-9-6-4-2)13-11-14-17(18)19/h8-10,12,16H,3-7,11,13-15H2,1-2H3/t16-/m0/s1. The average Bonchev–Trinajstić information content (AvgIpc) is 2.41. The van der Waals surface area contributed by atoms with Crippen molar-refractivity contribution in [3.8, 4) is 0 Å². The molecule has 1 fully saturated rings. The van der Waals surface area contributed by atoms with E-state index in [1.807, 2.05) is 4.90 Å². The zero-order valence-corrected chi connectivity index (χ0v) is 12.6. The molecule has 0 aliphatic carbocycles.